The third-order valence-electron chi connectivity index (χ3n) is 6.15. The van der Waals surface area contributed by atoms with Gasteiger partial charge in [0.05, 0.1) is 18.7 Å². The number of Topliss-reactive ketones (excluding diaryl/α,β-unsaturated/α-hetero) is 1. The molecule has 0 aromatic heterocycles. The monoisotopic (exact) mass is 486 g/mol. The molecule has 1 saturated heterocycles. The summed E-state index contributed by atoms with van der Waals surface area (Å²) >= 11 is 0. The topological polar surface area (TPSA) is 79.3 Å². The van der Waals surface area contributed by atoms with Crippen LogP contribution in [0.15, 0.2) is 78.4 Å². The number of nitrogens with zero attached hydrogens (tertiary/aromatic N) is 2. The van der Waals surface area contributed by atoms with Crippen LogP contribution in [-0.4, -0.2) is 60.9 Å². The lowest BCUT2D eigenvalue weighted by Gasteiger charge is -2.27. The summed E-state index contributed by atoms with van der Waals surface area (Å²) in [5.74, 6) is 0.343. The molecule has 36 heavy (non-hydrogen) atoms. The zero-order valence-corrected chi connectivity index (χ0v) is 20.9. The molecule has 0 radical (unpaired) electrons. The fourth-order valence-electron chi connectivity index (χ4n) is 4.32. The van der Waals surface area contributed by atoms with Crippen molar-refractivity contribution in [1.29, 1.82) is 0 Å². The van der Waals surface area contributed by atoms with Gasteiger partial charge in [-0.05, 0) is 74.6 Å². The molecule has 0 unspecified atom stereocenters. The molecule has 1 N–H and O–H groups in total. The summed E-state index contributed by atoms with van der Waals surface area (Å²) < 4.78 is 11.3. The van der Waals surface area contributed by atoms with Gasteiger partial charge in [0.15, 0.2) is 0 Å². The van der Waals surface area contributed by atoms with Crippen LogP contribution in [0.2, 0.25) is 0 Å². The van der Waals surface area contributed by atoms with Gasteiger partial charge in [0.25, 0.3) is 11.7 Å². The summed E-state index contributed by atoms with van der Waals surface area (Å²) in [5.41, 5.74) is 1.98. The number of hydrogen-bond donors (Lipinski definition) is 1. The number of rotatable bonds is 8. The first-order valence-corrected chi connectivity index (χ1v) is 11.7. The summed E-state index contributed by atoms with van der Waals surface area (Å²) in [5, 5.41) is 11.3. The van der Waals surface area contributed by atoms with Gasteiger partial charge >= 0.3 is 0 Å². The lowest BCUT2D eigenvalue weighted by atomic mass is 9.94. The highest BCUT2D eigenvalue weighted by Crippen LogP contribution is 2.41. The van der Waals surface area contributed by atoms with Crippen LogP contribution >= 0.6 is 0 Å². The first kappa shape index (κ1) is 25.0. The number of likely N-dealkylation sites (N-methyl/N-ethyl adjacent to an activating group) is 1. The smallest absolute Gasteiger partial charge is 0.295 e. The van der Waals surface area contributed by atoms with Crippen LogP contribution in [0.5, 0.6) is 17.2 Å². The number of benzene rings is 3. The van der Waals surface area contributed by atoms with E-state index in [1.807, 2.05) is 74.4 Å². The number of aliphatic hydroxyl groups is 1. The average molecular weight is 487 g/mol. The summed E-state index contributed by atoms with van der Waals surface area (Å²) in [6.07, 6.45) is 0. The molecular weight excluding hydrogens is 456 g/mol. The van der Waals surface area contributed by atoms with Crippen LogP contribution in [0.3, 0.4) is 0 Å². The Balaban J connectivity index is 1.81. The van der Waals surface area contributed by atoms with Gasteiger partial charge in [0, 0.05) is 18.7 Å². The third kappa shape index (κ3) is 5.11. The molecule has 1 atom stereocenters. The Labute approximate surface area is 211 Å². The van der Waals surface area contributed by atoms with E-state index < -0.39 is 17.7 Å². The molecule has 1 aliphatic rings. The van der Waals surface area contributed by atoms with Crippen LogP contribution in [0.25, 0.3) is 5.76 Å². The highest BCUT2D eigenvalue weighted by atomic mass is 16.5. The van der Waals surface area contributed by atoms with Gasteiger partial charge in [-0.25, -0.2) is 0 Å². The number of likely N-dealkylation sites (tertiary alicyclic amines) is 1. The molecule has 186 valence electrons. The number of ketones is 1. The molecule has 1 aliphatic heterocycles. The fraction of sp³-hybridized carbons (Fsp3) is 0.241. The first-order valence-electron chi connectivity index (χ1n) is 11.7. The molecule has 7 heteroatoms. The number of ether oxygens (including phenoxy) is 2. The van der Waals surface area contributed by atoms with Crippen molar-refractivity contribution in [1.82, 2.24) is 9.80 Å². The molecule has 0 saturated carbocycles. The van der Waals surface area contributed by atoms with Crippen LogP contribution in [0, 0.1) is 6.92 Å². The molecule has 1 amide bonds. The van der Waals surface area contributed by atoms with Crippen molar-refractivity contribution in [3.8, 4) is 17.2 Å². The number of aliphatic hydroxyl groups excluding tert-OH is 1. The number of amides is 1. The minimum Gasteiger partial charge on any atom is -0.507 e. The summed E-state index contributed by atoms with van der Waals surface area (Å²) in [6.45, 7) is 2.74. The largest absolute Gasteiger partial charge is 0.507 e. The Morgan fingerprint density at radius 2 is 1.69 bits per heavy atom. The zero-order chi connectivity index (χ0) is 25.8. The van der Waals surface area contributed by atoms with Gasteiger partial charge in [-0.1, -0.05) is 30.3 Å². The van der Waals surface area contributed by atoms with Gasteiger partial charge in [-0.2, -0.15) is 0 Å². The maximum Gasteiger partial charge on any atom is 0.295 e. The molecule has 0 aliphatic carbocycles. The predicted octanol–water partition coefficient (Wildman–Crippen LogP) is 4.78. The molecule has 1 heterocycles. The molecule has 4 rings (SSSR count). The van der Waals surface area contributed by atoms with Gasteiger partial charge in [-0.3, -0.25) is 9.59 Å². The first-order chi connectivity index (χ1) is 17.3. The maximum absolute atomic E-state index is 13.3. The number of aryl methyl sites for hydroxylation is 1. The van der Waals surface area contributed by atoms with Gasteiger partial charge in [0.2, 0.25) is 0 Å². The van der Waals surface area contributed by atoms with Crippen molar-refractivity contribution >= 4 is 17.4 Å². The van der Waals surface area contributed by atoms with Crippen molar-refractivity contribution in [2.75, 3.05) is 34.3 Å². The molecule has 0 spiro atoms. The minimum absolute atomic E-state index is 0.0557. The molecule has 3 aromatic rings. The normalized spacial score (nSPS) is 17.0. The predicted molar refractivity (Wildman–Crippen MR) is 138 cm³/mol. The minimum atomic E-state index is -0.758. The second kappa shape index (κ2) is 10.7. The Morgan fingerprint density at radius 1 is 0.972 bits per heavy atom. The van der Waals surface area contributed by atoms with Gasteiger partial charge in [0.1, 0.15) is 23.0 Å². The number of carbonyl (C=O) groups is 2. The van der Waals surface area contributed by atoms with E-state index >= 15 is 0 Å². The summed E-state index contributed by atoms with van der Waals surface area (Å²) in [4.78, 5) is 29.9. The number of carbonyl (C=O) groups excluding carboxylic acids is 2. The summed E-state index contributed by atoms with van der Waals surface area (Å²) in [6, 6.07) is 21.0. The van der Waals surface area contributed by atoms with Crippen molar-refractivity contribution in [2.45, 2.75) is 13.0 Å². The Kier molecular flexibility index (Phi) is 7.41. The SMILES string of the molecule is COc1ccc(/C(O)=C2\C(=O)C(=O)N(CCN(C)C)[C@@H]2c2cccc(Oc3ccccc3)c2)cc1C. The highest BCUT2D eigenvalue weighted by molar-refractivity contribution is 6.46. The zero-order valence-electron chi connectivity index (χ0n) is 20.9. The molecule has 1 fully saturated rings. The third-order valence-corrected chi connectivity index (χ3v) is 6.15. The number of methoxy groups -OCH3 is 1. The van der Waals surface area contributed by atoms with Crippen LogP contribution in [0.1, 0.15) is 22.7 Å². The van der Waals surface area contributed by atoms with Crippen molar-refractivity contribution in [3.63, 3.8) is 0 Å². The van der Waals surface area contributed by atoms with E-state index in [1.165, 1.54) is 4.90 Å². The standard InChI is InChI=1S/C29H30N2O5/c1-19-17-21(13-14-24(19)35-4)27(32)25-26(31(16-15-30(2)3)29(34)28(25)33)20-9-8-12-23(18-20)36-22-10-6-5-7-11-22/h5-14,17-18,26,32H,15-16H2,1-4H3/b27-25+/t26-/m1/s1. The van der Waals surface area contributed by atoms with Gasteiger partial charge in [-0.15, -0.1) is 0 Å². The van der Waals surface area contributed by atoms with Crippen molar-refractivity contribution < 1.29 is 24.2 Å². The Bertz CT molecular complexity index is 1300. The van der Waals surface area contributed by atoms with E-state index in [1.54, 1.807) is 31.4 Å². The number of hydrogen-bond acceptors (Lipinski definition) is 6. The second-order valence-corrected chi connectivity index (χ2v) is 8.97. The second-order valence-electron chi connectivity index (χ2n) is 8.97. The lowest BCUT2D eigenvalue weighted by Crippen LogP contribution is -2.35. The molecule has 3 aromatic carbocycles. The van der Waals surface area contributed by atoms with Crippen LogP contribution in [-0.2, 0) is 9.59 Å². The number of para-hydroxylation sites is 1. The quantitative estimate of drug-likeness (QED) is 0.281. The van der Waals surface area contributed by atoms with E-state index in [0.29, 0.717) is 41.5 Å². The summed E-state index contributed by atoms with van der Waals surface area (Å²) in [7, 11) is 5.38. The maximum atomic E-state index is 13.3. The average Bonchev–Trinajstić information content (AvgIpc) is 3.12. The molecular formula is C29H30N2O5. The van der Waals surface area contributed by atoms with E-state index in [9.17, 15) is 14.7 Å². The molecule has 0 bridgehead atoms. The van der Waals surface area contributed by atoms with Crippen LogP contribution < -0.4 is 9.47 Å². The van der Waals surface area contributed by atoms with Gasteiger partial charge < -0.3 is 24.4 Å². The Hall–Kier alpha value is -4.10. The molecule has 7 nitrogen and oxygen atoms in total. The van der Waals surface area contributed by atoms with E-state index in [4.69, 9.17) is 9.47 Å². The Morgan fingerprint density at radius 3 is 2.36 bits per heavy atom. The van der Waals surface area contributed by atoms with E-state index in [0.717, 1.165) is 5.56 Å². The van der Waals surface area contributed by atoms with Crippen molar-refractivity contribution in [2.24, 2.45) is 0 Å². The van der Waals surface area contributed by atoms with Crippen molar-refractivity contribution in [3.05, 3.63) is 95.1 Å². The van der Waals surface area contributed by atoms with Crippen LogP contribution in [0.4, 0.5) is 0 Å². The lowest BCUT2D eigenvalue weighted by molar-refractivity contribution is -0.140. The van der Waals surface area contributed by atoms with E-state index in [2.05, 4.69) is 0 Å². The fourth-order valence-corrected chi connectivity index (χ4v) is 4.32. The highest BCUT2D eigenvalue weighted by Gasteiger charge is 2.46. The van der Waals surface area contributed by atoms with E-state index in [-0.39, 0.29) is 11.3 Å².